The molecule has 0 aromatic carbocycles. The van der Waals surface area contributed by atoms with E-state index < -0.39 is 0 Å². The van der Waals surface area contributed by atoms with Crippen molar-refractivity contribution in [3.63, 3.8) is 0 Å². The predicted molar refractivity (Wildman–Crippen MR) is 81.2 cm³/mol. The number of carbonyl (C=O) groups excluding carboxylic acids is 1. The van der Waals surface area contributed by atoms with E-state index in [0.29, 0.717) is 11.7 Å². The van der Waals surface area contributed by atoms with Gasteiger partial charge in [0.25, 0.3) is 0 Å². The number of aryl methyl sites for hydroxylation is 1. The molecule has 0 saturated carbocycles. The Morgan fingerprint density at radius 2 is 2.43 bits per heavy atom. The number of hydrogen-bond donors (Lipinski definition) is 0. The molecule has 0 radical (unpaired) electrons. The van der Waals surface area contributed by atoms with Crippen LogP contribution in [0.4, 0.5) is 0 Å². The van der Waals surface area contributed by atoms with Gasteiger partial charge in [-0.15, -0.1) is 11.3 Å². The van der Waals surface area contributed by atoms with E-state index in [1.54, 1.807) is 11.3 Å². The lowest BCUT2D eigenvalue weighted by molar-refractivity contribution is -0.113. The SMILES string of the molecule is O=CC1CCCCN1CCCc1nc(-c2cccs2)no1. The molecule has 2 aromatic heterocycles. The maximum absolute atomic E-state index is 11.1. The average Bonchev–Trinajstić information content (AvgIpc) is 3.18. The van der Waals surface area contributed by atoms with Gasteiger partial charge in [0.15, 0.2) is 0 Å². The van der Waals surface area contributed by atoms with E-state index in [2.05, 4.69) is 15.0 Å². The van der Waals surface area contributed by atoms with Crippen LogP contribution in [-0.2, 0) is 11.2 Å². The normalized spacial score (nSPS) is 19.7. The van der Waals surface area contributed by atoms with Crippen molar-refractivity contribution in [1.29, 1.82) is 0 Å². The Morgan fingerprint density at radius 1 is 1.48 bits per heavy atom. The standard InChI is InChI=1S/C15H19N3O2S/c19-11-12-5-1-2-8-18(12)9-3-7-14-16-15(17-20-14)13-6-4-10-21-13/h4,6,10-12H,1-3,5,7-9H2. The second kappa shape index (κ2) is 6.95. The number of thiophene rings is 1. The number of piperidine rings is 1. The molecule has 1 aliphatic heterocycles. The molecule has 3 heterocycles. The van der Waals surface area contributed by atoms with E-state index in [1.165, 1.54) is 6.42 Å². The summed E-state index contributed by atoms with van der Waals surface area (Å²) in [6.07, 6.45) is 6.13. The molecule has 112 valence electrons. The molecule has 0 aliphatic carbocycles. The third kappa shape index (κ3) is 3.57. The molecular formula is C15H19N3O2S. The number of aromatic nitrogens is 2. The first kappa shape index (κ1) is 14.4. The van der Waals surface area contributed by atoms with Gasteiger partial charge in [-0.1, -0.05) is 17.6 Å². The summed E-state index contributed by atoms with van der Waals surface area (Å²) in [6.45, 7) is 1.94. The topological polar surface area (TPSA) is 59.2 Å². The first-order chi connectivity index (χ1) is 10.4. The van der Waals surface area contributed by atoms with Gasteiger partial charge in [0, 0.05) is 6.42 Å². The van der Waals surface area contributed by atoms with Gasteiger partial charge < -0.3 is 9.32 Å². The second-order valence-corrected chi connectivity index (χ2v) is 6.28. The molecule has 0 bridgehead atoms. The Morgan fingerprint density at radius 3 is 3.24 bits per heavy atom. The predicted octanol–water partition coefficient (Wildman–Crippen LogP) is 2.78. The van der Waals surface area contributed by atoms with Crippen LogP contribution in [0, 0.1) is 0 Å². The lowest BCUT2D eigenvalue weighted by Gasteiger charge is -2.31. The van der Waals surface area contributed by atoms with Crippen molar-refractivity contribution in [2.24, 2.45) is 0 Å². The summed E-state index contributed by atoms with van der Waals surface area (Å²) in [7, 11) is 0. The smallest absolute Gasteiger partial charge is 0.227 e. The van der Waals surface area contributed by atoms with Crippen molar-refractivity contribution in [3.05, 3.63) is 23.4 Å². The fraction of sp³-hybridized carbons (Fsp3) is 0.533. The number of carbonyl (C=O) groups is 1. The maximum atomic E-state index is 11.1. The van der Waals surface area contributed by atoms with Crippen LogP contribution in [0.1, 0.15) is 31.6 Å². The molecule has 1 atom stereocenters. The highest BCUT2D eigenvalue weighted by Gasteiger charge is 2.21. The van der Waals surface area contributed by atoms with Gasteiger partial charge in [-0.25, -0.2) is 0 Å². The summed E-state index contributed by atoms with van der Waals surface area (Å²) in [5.74, 6) is 1.35. The number of rotatable bonds is 6. The molecular weight excluding hydrogens is 286 g/mol. The van der Waals surface area contributed by atoms with E-state index >= 15 is 0 Å². The monoisotopic (exact) mass is 305 g/mol. The third-order valence-electron chi connectivity index (χ3n) is 3.87. The molecule has 21 heavy (non-hydrogen) atoms. The van der Waals surface area contributed by atoms with Gasteiger partial charge in [-0.3, -0.25) is 4.90 Å². The van der Waals surface area contributed by atoms with Crippen LogP contribution >= 0.6 is 11.3 Å². The molecule has 0 amide bonds. The Bertz CT molecular complexity index is 567. The molecule has 1 unspecified atom stereocenters. The largest absolute Gasteiger partial charge is 0.339 e. The molecule has 0 N–H and O–H groups in total. The summed E-state index contributed by atoms with van der Waals surface area (Å²) in [6, 6.07) is 4.07. The first-order valence-corrected chi connectivity index (χ1v) is 8.30. The fourth-order valence-corrected chi connectivity index (χ4v) is 3.39. The Kier molecular flexibility index (Phi) is 4.77. The fourth-order valence-electron chi connectivity index (χ4n) is 2.74. The highest BCUT2D eigenvalue weighted by molar-refractivity contribution is 7.13. The number of hydrogen-bond acceptors (Lipinski definition) is 6. The van der Waals surface area contributed by atoms with Crippen LogP contribution in [-0.4, -0.2) is 40.5 Å². The zero-order valence-electron chi connectivity index (χ0n) is 11.9. The summed E-state index contributed by atoms with van der Waals surface area (Å²) in [4.78, 5) is 18.8. The molecule has 3 rings (SSSR count). The summed E-state index contributed by atoms with van der Waals surface area (Å²) in [5, 5.41) is 6.01. The Balaban J connectivity index is 1.50. The van der Waals surface area contributed by atoms with Crippen LogP contribution in [0.3, 0.4) is 0 Å². The zero-order chi connectivity index (χ0) is 14.5. The molecule has 1 saturated heterocycles. The van der Waals surface area contributed by atoms with E-state index in [4.69, 9.17) is 4.52 Å². The molecule has 5 nitrogen and oxygen atoms in total. The van der Waals surface area contributed by atoms with E-state index in [9.17, 15) is 4.79 Å². The summed E-state index contributed by atoms with van der Waals surface area (Å²) >= 11 is 1.61. The van der Waals surface area contributed by atoms with Crippen molar-refractivity contribution in [2.45, 2.75) is 38.1 Å². The van der Waals surface area contributed by atoms with Gasteiger partial charge in [0.2, 0.25) is 11.7 Å². The zero-order valence-corrected chi connectivity index (χ0v) is 12.7. The van der Waals surface area contributed by atoms with Gasteiger partial charge >= 0.3 is 0 Å². The van der Waals surface area contributed by atoms with E-state index in [1.807, 2.05) is 17.5 Å². The minimum atomic E-state index is 0.100. The molecule has 1 fully saturated rings. The lowest BCUT2D eigenvalue weighted by atomic mass is 10.0. The van der Waals surface area contributed by atoms with E-state index in [0.717, 1.165) is 49.9 Å². The van der Waals surface area contributed by atoms with Crippen molar-refractivity contribution in [2.75, 3.05) is 13.1 Å². The quantitative estimate of drug-likeness (QED) is 0.768. The minimum absolute atomic E-state index is 0.100. The minimum Gasteiger partial charge on any atom is -0.339 e. The van der Waals surface area contributed by atoms with Crippen LogP contribution in [0.5, 0.6) is 0 Å². The Labute approximate surface area is 128 Å². The van der Waals surface area contributed by atoms with Crippen molar-refractivity contribution in [1.82, 2.24) is 15.0 Å². The second-order valence-electron chi connectivity index (χ2n) is 5.33. The number of nitrogens with zero attached hydrogens (tertiary/aromatic N) is 3. The Hall–Kier alpha value is -1.53. The van der Waals surface area contributed by atoms with Crippen molar-refractivity contribution >= 4 is 17.6 Å². The maximum Gasteiger partial charge on any atom is 0.227 e. The average molecular weight is 305 g/mol. The van der Waals surface area contributed by atoms with Crippen LogP contribution in [0.25, 0.3) is 10.7 Å². The number of likely N-dealkylation sites (tertiary alicyclic amines) is 1. The number of aldehydes is 1. The van der Waals surface area contributed by atoms with Gasteiger partial charge in [0.1, 0.15) is 6.29 Å². The van der Waals surface area contributed by atoms with Gasteiger partial charge in [-0.05, 0) is 43.8 Å². The molecule has 1 aliphatic rings. The summed E-state index contributed by atoms with van der Waals surface area (Å²) in [5.41, 5.74) is 0. The highest BCUT2D eigenvalue weighted by atomic mass is 32.1. The van der Waals surface area contributed by atoms with Crippen LogP contribution < -0.4 is 0 Å². The van der Waals surface area contributed by atoms with Crippen LogP contribution in [0.2, 0.25) is 0 Å². The summed E-state index contributed by atoms with van der Waals surface area (Å²) < 4.78 is 5.29. The van der Waals surface area contributed by atoms with Crippen LogP contribution in [0.15, 0.2) is 22.0 Å². The molecule has 6 heteroatoms. The lowest BCUT2D eigenvalue weighted by Crippen LogP contribution is -2.41. The van der Waals surface area contributed by atoms with Gasteiger partial charge in [0.05, 0.1) is 10.9 Å². The van der Waals surface area contributed by atoms with Crippen molar-refractivity contribution in [3.8, 4) is 10.7 Å². The van der Waals surface area contributed by atoms with Gasteiger partial charge in [-0.2, -0.15) is 4.98 Å². The third-order valence-corrected chi connectivity index (χ3v) is 4.73. The molecule has 2 aromatic rings. The first-order valence-electron chi connectivity index (χ1n) is 7.42. The highest BCUT2D eigenvalue weighted by Crippen LogP contribution is 2.22. The molecule has 0 spiro atoms. The van der Waals surface area contributed by atoms with Crippen molar-refractivity contribution < 1.29 is 9.32 Å². The van der Waals surface area contributed by atoms with E-state index in [-0.39, 0.29) is 6.04 Å².